The average Bonchev–Trinajstić information content (AvgIpc) is 3.30. The molecule has 3 aromatic rings. The van der Waals surface area contributed by atoms with Crippen LogP contribution in [0.5, 0.6) is 0 Å². The maximum atomic E-state index is 5.15. The van der Waals surface area contributed by atoms with E-state index in [1.165, 1.54) is 97.3 Å². The molecule has 2 unspecified atom stereocenters. The van der Waals surface area contributed by atoms with E-state index in [1.807, 2.05) is 0 Å². The van der Waals surface area contributed by atoms with E-state index in [-0.39, 0.29) is 0 Å². The molecule has 2 aliphatic rings. The third kappa shape index (κ3) is 6.13. The van der Waals surface area contributed by atoms with Crippen molar-refractivity contribution in [1.82, 2.24) is 14.5 Å². The number of aryl methyl sites for hydroxylation is 5. The Labute approximate surface area is 225 Å². The number of rotatable bonds is 9. The van der Waals surface area contributed by atoms with Gasteiger partial charge in [-0.2, -0.15) is 0 Å². The minimum atomic E-state index is 0.484. The Morgan fingerprint density at radius 1 is 0.946 bits per heavy atom. The standard InChI is InChI=1S/C34H47N3/c1-25-15-17-29(18-16-25)19-20-33-35-34-27(3)10-8-14-32(34)37(33)23-21-26(2)28(4)36-22-9-13-31(24-36)30-11-6-5-7-12-30/h8,10,14-18,26,30-31H,4-7,9,11-13,19-24H2,1-3H3. The smallest absolute Gasteiger partial charge is 0.110 e. The van der Waals surface area contributed by atoms with Crippen molar-refractivity contribution < 1.29 is 0 Å². The molecule has 2 aromatic carbocycles. The number of imidazole rings is 1. The number of hydrogen-bond acceptors (Lipinski definition) is 2. The molecule has 0 spiro atoms. The molecule has 198 valence electrons. The lowest BCUT2D eigenvalue weighted by Gasteiger charge is -2.41. The number of piperidine rings is 1. The maximum Gasteiger partial charge on any atom is 0.110 e. The van der Waals surface area contributed by atoms with Crippen LogP contribution in [0.25, 0.3) is 11.0 Å². The van der Waals surface area contributed by atoms with Crippen LogP contribution in [0, 0.1) is 31.6 Å². The van der Waals surface area contributed by atoms with Crippen molar-refractivity contribution in [3.05, 3.63) is 77.3 Å². The number of aromatic nitrogens is 2. The molecular formula is C34H47N3. The first-order valence-corrected chi connectivity index (χ1v) is 14.9. The van der Waals surface area contributed by atoms with Gasteiger partial charge in [0.15, 0.2) is 0 Å². The second-order valence-corrected chi connectivity index (χ2v) is 12.0. The van der Waals surface area contributed by atoms with Crippen molar-refractivity contribution in [3.63, 3.8) is 0 Å². The van der Waals surface area contributed by atoms with E-state index in [9.17, 15) is 0 Å². The van der Waals surface area contributed by atoms with Gasteiger partial charge in [-0.3, -0.25) is 0 Å². The van der Waals surface area contributed by atoms with Crippen LogP contribution in [0.15, 0.2) is 54.7 Å². The molecule has 2 atom stereocenters. The summed E-state index contributed by atoms with van der Waals surface area (Å²) in [5.74, 6) is 3.54. The zero-order chi connectivity index (χ0) is 25.8. The molecule has 1 saturated carbocycles. The Kier molecular flexibility index (Phi) is 8.37. The SMILES string of the molecule is C=C(C(C)CCn1c(CCc2ccc(C)cc2)nc2c(C)cccc21)N1CCCC(C2CCCCC2)C1. The van der Waals surface area contributed by atoms with Crippen LogP contribution in [-0.2, 0) is 19.4 Å². The summed E-state index contributed by atoms with van der Waals surface area (Å²) in [7, 11) is 0. The first-order valence-electron chi connectivity index (χ1n) is 14.9. The number of benzene rings is 2. The highest BCUT2D eigenvalue weighted by Crippen LogP contribution is 2.36. The number of likely N-dealkylation sites (tertiary alicyclic amines) is 1. The summed E-state index contributed by atoms with van der Waals surface area (Å²) in [6.07, 6.45) is 13.1. The van der Waals surface area contributed by atoms with E-state index in [0.717, 1.165) is 37.6 Å². The van der Waals surface area contributed by atoms with Gasteiger partial charge in [0.2, 0.25) is 0 Å². The summed E-state index contributed by atoms with van der Waals surface area (Å²) in [6, 6.07) is 15.6. The lowest BCUT2D eigenvalue weighted by molar-refractivity contribution is 0.130. The lowest BCUT2D eigenvalue weighted by atomic mass is 9.76. The molecule has 0 amide bonds. The maximum absolute atomic E-state index is 5.15. The van der Waals surface area contributed by atoms with Crippen LogP contribution in [0.1, 0.15) is 80.8 Å². The molecule has 1 aliphatic heterocycles. The summed E-state index contributed by atoms with van der Waals surface area (Å²) in [5, 5.41) is 0. The predicted molar refractivity (Wildman–Crippen MR) is 157 cm³/mol. The Bertz CT molecular complexity index is 1180. The fourth-order valence-corrected chi connectivity index (χ4v) is 6.85. The largest absolute Gasteiger partial charge is 0.375 e. The number of para-hydroxylation sites is 1. The van der Waals surface area contributed by atoms with Gasteiger partial charge in [0, 0.05) is 31.8 Å². The van der Waals surface area contributed by atoms with Crippen molar-refractivity contribution in [1.29, 1.82) is 0 Å². The minimum absolute atomic E-state index is 0.484. The van der Waals surface area contributed by atoms with Crippen LogP contribution in [0.3, 0.4) is 0 Å². The van der Waals surface area contributed by atoms with Crippen LogP contribution in [0.2, 0.25) is 0 Å². The molecule has 2 heterocycles. The third-order valence-corrected chi connectivity index (χ3v) is 9.35. The van der Waals surface area contributed by atoms with E-state index in [2.05, 4.69) is 79.3 Å². The van der Waals surface area contributed by atoms with E-state index >= 15 is 0 Å². The van der Waals surface area contributed by atoms with Gasteiger partial charge >= 0.3 is 0 Å². The molecule has 37 heavy (non-hydrogen) atoms. The fraction of sp³-hybridized carbons (Fsp3) is 0.559. The van der Waals surface area contributed by atoms with Gasteiger partial charge in [-0.1, -0.05) is 87.6 Å². The van der Waals surface area contributed by atoms with Crippen molar-refractivity contribution >= 4 is 11.0 Å². The highest BCUT2D eigenvalue weighted by Gasteiger charge is 2.29. The Hall–Kier alpha value is -2.55. The topological polar surface area (TPSA) is 21.1 Å². The van der Waals surface area contributed by atoms with Crippen molar-refractivity contribution in [3.8, 4) is 0 Å². The highest BCUT2D eigenvalue weighted by molar-refractivity contribution is 5.79. The second kappa shape index (κ2) is 11.9. The average molecular weight is 498 g/mol. The Morgan fingerprint density at radius 3 is 2.49 bits per heavy atom. The highest BCUT2D eigenvalue weighted by atomic mass is 15.1. The van der Waals surface area contributed by atoms with Crippen LogP contribution in [0.4, 0.5) is 0 Å². The normalized spacial score (nSPS) is 19.9. The van der Waals surface area contributed by atoms with Crippen LogP contribution < -0.4 is 0 Å². The van der Waals surface area contributed by atoms with Crippen molar-refractivity contribution in [2.75, 3.05) is 13.1 Å². The van der Waals surface area contributed by atoms with Gasteiger partial charge in [0.25, 0.3) is 0 Å². The number of allylic oxidation sites excluding steroid dienone is 1. The van der Waals surface area contributed by atoms with E-state index in [4.69, 9.17) is 4.98 Å². The van der Waals surface area contributed by atoms with Crippen molar-refractivity contribution in [2.45, 2.75) is 91.5 Å². The van der Waals surface area contributed by atoms with Gasteiger partial charge in [0.05, 0.1) is 11.0 Å². The molecule has 0 N–H and O–H groups in total. The zero-order valence-corrected chi connectivity index (χ0v) is 23.5. The van der Waals surface area contributed by atoms with Crippen LogP contribution >= 0.6 is 0 Å². The molecule has 0 bridgehead atoms. The second-order valence-electron chi connectivity index (χ2n) is 12.0. The predicted octanol–water partition coefficient (Wildman–Crippen LogP) is 8.27. The van der Waals surface area contributed by atoms with Crippen molar-refractivity contribution in [2.24, 2.45) is 17.8 Å². The van der Waals surface area contributed by atoms with Crippen LogP contribution in [-0.4, -0.2) is 27.5 Å². The van der Waals surface area contributed by atoms with Gasteiger partial charge < -0.3 is 9.47 Å². The summed E-state index contributed by atoms with van der Waals surface area (Å²) >= 11 is 0. The van der Waals surface area contributed by atoms with Gasteiger partial charge in [-0.25, -0.2) is 4.98 Å². The minimum Gasteiger partial charge on any atom is -0.375 e. The van der Waals surface area contributed by atoms with Gasteiger partial charge in [0.1, 0.15) is 5.82 Å². The third-order valence-electron chi connectivity index (χ3n) is 9.35. The number of fused-ring (bicyclic) bond motifs is 1. The van der Waals surface area contributed by atoms with E-state index in [0.29, 0.717) is 5.92 Å². The lowest BCUT2D eigenvalue weighted by Crippen LogP contribution is -2.39. The molecule has 2 fully saturated rings. The molecule has 3 nitrogen and oxygen atoms in total. The quantitative estimate of drug-likeness (QED) is 0.297. The molecule has 1 aromatic heterocycles. The van der Waals surface area contributed by atoms with Gasteiger partial charge in [-0.05, 0) is 74.5 Å². The van der Waals surface area contributed by atoms with E-state index < -0.39 is 0 Å². The first-order chi connectivity index (χ1) is 18.0. The summed E-state index contributed by atoms with van der Waals surface area (Å²) in [4.78, 5) is 7.80. The Balaban J connectivity index is 1.25. The molecule has 5 rings (SSSR count). The number of hydrogen-bond donors (Lipinski definition) is 0. The van der Waals surface area contributed by atoms with E-state index in [1.54, 1.807) is 0 Å². The summed E-state index contributed by atoms with van der Waals surface area (Å²) in [5.41, 5.74) is 7.79. The van der Waals surface area contributed by atoms with Gasteiger partial charge in [-0.15, -0.1) is 0 Å². The zero-order valence-electron chi connectivity index (χ0n) is 23.5. The molecule has 1 aliphatic carbocycles. The fourth-order valence-electron chi connectivity index (χ4n) is 6.85. The molecule has 1 saturated heterocycles. The molecular weight excluding hydrogens is 450 g/mol. The molecule has 3 heteroatoms. The Morgan fingerprint density at radius 2 is 1.70 bits per heavy atom. The first kappa shape index (κ1) is 26.1. The number of nitrogens with zero attached hydrogens (tertiary/aromatic N) is 3. The monoisotopic (exact) mass is 497 g/mol. The molecule has 0 radical (unpaired) electrons. The summed E-state index contributed by atoms with van der Waals surface area (Å²) < 4.78 is 2.50. The summed E-state index contributed by atoms with van der Waals surface area (Å²) in [6.45, 7) is 14.8.